The summed E-state index contributed by atoms with van der Waals surface area (Å²) in [7, 11) is 1.72. The van der Waals surface area contributed by atoms with Crippen LogP contribution in [0, 0.1) is 11.7 Å². The topological polar surface area (TPSA) is 20.3 Å². The zero-order chi connectivity index (χ0) is 15.0. The molecule has 2 nitrogen and oxygen atoms in total. The Hall–Kier alpha value is -1.87. The molecule has 1 fully saturated rings. The summed E-state index contributed by atoms with van der Waals surface area (Å²) in [6.07, 6.45) is 0.814. The molecule has 1 amide bonds. The van der Waals surface area contributed by atoms with Crippen LogP contribution in [0.15, 0.2) is 48.5 Å². The Kier molecular flexibility index (Phi) is 3.68. The van der Waals surface area contributed by atoms with E-state index in [1.54, 1.807) is 24.1 Å². The number of carbonyl (C=O) groups excluding carboxylic acids is 1. The van der Waals surface area contributed by atoms with Crippen molar-refractivity contribution in [2.75, 3.05) is 11.9 Å². The van der Waals surface area contributed by atoms with Crippen molar-refractivity contribution < 1.29 is 9.18 Å². The van der Waals surface area contributed by atoms with Gasteiger partial charge in [0, 0.05) is 23.7 Å². The number of nitrogens with zero attached hydrogens (tertiary/aromatic N) is 1. The molecule has 2 unspecified atom stereocenters. The molecule has 0 N–H and O–H groups in total. The first-order chi connectivity index (χ1) is 10.1. The van der Waals surface area contributed by atoms with E-state index in [1.807, 2.05) is 24.3 Å². The molecule has 0 aromatic heterocycles. The molecule has 2 aromatic rings. The molecule has 2 atom stereocenters. The lowest BCUT2D eigenvalue weighted by atomic mass is 10.1. The number of hydrogen-bond acceptors (Lipinski definition) is 1. The second-order valence-electron chi connectivity index (χ2n) is 5.34. The van der Waals surface area contributed by atoms with E-state index in [0.29, 0.717) is 10.7 Å². The fourth-order valence-corrected chi connectivity index (χ4v) is 2.90. The van der Waals surface area contributed by atoms with Crippen LogP contribution in [-0.4, -0.2) is 13.0 Å². The first-order valence-electron chi connectivity index (χ1n) is 6.85. The van der Waals surface area contributed by atoms with E-state index in [9.17, 15) is 9.18 Å². The molecule has 2 aromatic carbocycles. The summed E-state index contributed by atoms with van der Waals surface area (Å²) < 4.78 is 12.9. The number of rotatable bonds is 3. The minimum atomic E-state index is -0.306. The Bertz CT molecular complexity index is 671. The van der Waals surface area contributed by atoms with Gasteiger partial charge in [-0.05, 0) is 48.2 Å². The van der Waals surface area contributed by atoms with Crippen LogP contribution in [0.3, 0.4) is 0 Å². The Morgan fingerprint density at radius 3 is 2.52 bits per heavy atom. The van der Waals surface area contributed by atoms with Crippen molar-refractivity contribution in [1.82, 2.24) is 0 Å². The molecule has 1 aliphatic carbocycles. The van der Waals surface area contributed by atoms with Gasteiger partial charge in [0.25, 0.3) is 0 Å². The first kappa shape index (κ1) is 14.1. The van der Waals surface area contributed by atoms with Crippen molar-refractivity contribution in [3.8, 4) is 0 Å². The second-order valence-corrected chi connectivity index (χ2v) is 5.75. The maximum atomic E-state index is 12.9. The molecule has 3 rings (SSSR count). The van der Waals surface area contributed by atoms with Gasteiger partial charge in [0.15, 0.2) is 0 Å². The van der Waals surface area contributed by atoms with E-state index in [4.69, 9.17) is 11.6 Å². The third-order valence-electron chi connectivity index (χ3n) is 3.96. The molecular formula is C17H15ClFNO. The van der Waals surface area contributed by atoms with Crippen molar-refractivity contribution in [1.29, 1.82) is 0 Å². The van der Waals surface area contributed by atoms with Gasteiger partial charge in [-0.15, -0.1) is 0 Å². The van der Waals surface area contributed by atoms with Crippen LogP contribution in [0.4, 0.5) is 10.1 Å². The molecular weight excluding hydrogens is 289 g/mol. The molecule has 108 valence electrons. The van der Waals surface area contributed by atoms with Gasteiger partial charge in [-0.3, -0.25) is 4.79 Å². The van der Waals surface area contributed by atoms with Crippen LogP contribution in [0.1, 0.15) is 17.9 Å². The molecule has 0 radical (unpaired) electrons. The fourth-order valence-electron chi connectivity index (χ4n) is 2.63. The summed E-state index contributed by atoms with van der Waals surface area (Å²) in [5.41, 5.74) is 1.73. The van der Waals surface area contributed by atoms with E-state index in [-0.39, 0.29) is 23.6 Å². The number of halogens is 2. The largest absolute Gasteiger partial charge is 0.315 e. The highest BCUT2D eigenvalue weighted by Gasteiger charge is 2.46. The van der Waals surface area contributed by atoms with Crippen LogP contribution < -0.4 is 4.90 Å². The molecule has 0 bridgehead atoms. The average Bonchev–Trinajstić information content (AvgIpc) is 3.27. The smallest absolute Gasteiger partial charge is 0.230 e. The van der Waals surface area contributed by atoms with Crippen LogP contribution in [0.2, 0.25) is 5.02 Å². The van der Waals surface area contributed by atoms with Gasteiger partial charge in [-0.1, -0.05) is 29.8 Å². The minimum Gasteiger partial charge on any atom is -0.315 e. The minimum absolute atomic E-state index is 0.0417. The zero-order valence-electron chi connectivity index (χ0n) is 11.6. The molecule has 21 heavy (non-hydrogen) atoms. The third kappa shape index (κ3) is 2.79. The summed E-state index contributed by atoms with van der Waals surface area (Å²) >= 11 is 6.18. The van der Waals surface area contributed by atoms with Crippen molar-refractivity contribution in [3.63, 3.8) is 0 Å². The molecule has 0 aliphatic heterocycles. The summed E-state index contributed by atoms with van der Waals surface area (Å²) in [5, 5.41) is 0.710. The monoisotopic (exact) mass is 303 g/mol. The Labute approximate surface area is 128 Å². The summed E-state index contributed by atoms with van der Waals surface area (Å²) in [4.78, 5) is 14.1. The fraction of sp³-hybridized carbons (Fsp3) is 0.235. The maximum absolute atomic E-state index is 12.9. The lowest BCUT2D eigenvalue weighted by Gasteiger charge is -2.17. The number of anilines is 1. The SMILES string of the molecule is CN(C(=O)C1CC1c1ccccc1Cl)c1ccc(F)cc1. The number of benzene rings is 2. The highest BCUT2D eigenvalue weighted by molar-refractivity contribution is 6.31. The molecule has 0 heterocycles. The summed E-state index contributed by atoms with van der Waals surface area (Å²) in [6, 6.07) is 13.6. The highest BCUT2D eigenvalue weighted by Crippen LogP contribution is 2.50. The van der Waals surface area contributed by atoms with Crippen molar-refractivity contribution in [2.45, 2.75) is 12.3 Å². The normalized spacial score (nSPS) is 20.1. The van der Waals surface area contributed by atoms with Crippen LogP contribution >= 0.6 is 11.6 Å². The van der Waals surface area contributed by atoms with Crippen molar-refractivity contribution in [2.24, 2.45) is 5.92 Å². The first-order valence-corrected chi connectivity index (χ1v) is 7.23. The van der Waals surface area contributed by atoms with Crippen molar-refractivity contribution >= 4 is 23.2 Å². The quantitative estimate of drug-likeness (QED) is 0.830. The molecule has 4 heteroatoms. The van der Waals surface area contributed by atoms with E-state index in [1.165, 1.54) is 12.1 Å². The maximum Gasteiger partial charge on any atom is 0.230 e. The van der Waals surface area contributed by atoms with Crippen LogP contribution in [0.25, 0.3) is 0 Å². The van der Waals surface area contributed by atoms with Gasteiger partial charge in [0.1, 0.15) is 5.82 Å². The predicted molar refractivity (Wildman–Crippen MR) is 82.1 cm³/mol. The van der Waals surface area contributed by atoms with E-state index in [0.717, 1.165) is 12.0 Å². The van der Waals surface area contributed by atoms with Gasteiger partial charge in [-0.25, -0.2) is 4.39 Å². The van der Waals surface area contributed by atoms with E-state index in [2.05, 4.69) is 0 Å². The molecule has 0 saturated heterocycles. The Morgan fingerprint density at radius 2 is 1.86 bits per heavy atom. The van der Waals surface area contributed by atoms with E-state index >= 15 is 0 Å². The van der Waals surface area contributed by atoms with Crippen LogP contribution in [0.5, 0.6) is 0 Å². The number of carbonyl (C=O) groups is 1. The van der Waals surface area contributed by atoms with Crippen LogP contribution in [-0.2, 0) is 4.79 Å². The Morgan fingerprint density at radius 1 is 1.19 bits per heavy atom. The lowest BCUT2D eigenvalue weighted by Crippen LogP contribution is -2.28. The third-order valence-corrected chi connectivity index (χ3v) is 4.30. The van der Waals surface area contributed by atoms with E-state index < -0.39 is 0 Å². The zero-order valence-corrected chi connectivity index (χ0v) is 12.3. The predicted octanol–water partition coefficient (Wildman–Crippen LogP) is 4.25. The standard InChI is InChI=1S/C17H15ClFNO/c1-20(12-8-6-11(19)7-9-12)17(21)15-10-14(15)13-4-2-3-5-16(13)18/h2-9,14-15H,10H2,1H3. The van der Waals surface area contributed by atoms with Gasteiger partial charge in [-0.2, -0.15) is 0 Å². The molecule has 1 aliphatic rings. The molecule has 0 spiro atoms. The lowest BCUT2D eigenvalue weighted by molar-refractivity contribution is -0.119. The highest BCUT2D eigenvalue weighted by atomic mass is 35.5. The number of hydrogen-bond donors (Lipinski definition) is 0. The summed E-state index contributed by atoms with van der Waals surface area (Å²) in [6.45, 7) is 0. The summed E-state index contributed by atoms with van der Waals surface area (Å²) in [5.74, 6) is -0.111. The average molecular weight is 304 g/mol. The Balaban J connectivity index is 1.73. The van der Waals surface area contributed by atoms with Gasteiger partial charge >= 0.3 is 0 Å². The molecule has 1 saturated carbocycles. The second kappa shape index (κ2) is 5.49. The van der Waals surface area contributed by atoms with Crippen molar-refractivity contribution in [3.05, 3.63) is 64.9 Å². The van der Waals surface area contributed by atoms with Gasteiger partial charge in [0.2, 0.25) is 5.91 Å². The van der Waals surface area contributed by atoms with Gasteiger partial charge in [0.05, 0.1) is 0 Å². The van der Waals surface area contributed by atoms with Gasteiger partial charge < -0.3 is 4.90 Å². The number of amides is 1.